The summed E-state index contributed by atoms with van der Waals surface area (Å²) in [6.45, 7) is 4.81. The highest BCUT2D eigenvalue weighted by molar-refractivity contribution is 7.89. The van der Waals surface area contributed by atoms with Crippen LogP contribution < -0.4 is 10.1 Å². The minimum Gasteiger partial charge on any atom is -0.496 e. The van der Waals surface area contributed by atoms with Crippen LogP contribution in [0.1, 0.15) is 37.6 Å². The van der Waals surface area contributed by atoms with E-state index in [1.54, 1.807) is 36.8 Å². The number of aromatic nitrogens is 1. The Labute approximate surface area is 192 Å². The Hall–Kier alpha value is -2.75. The SMILES string of the molecule is COc1c(C)cnc(CNC(=O)c2cccc(S(=O)(=O)N3CCc4sccc4C3)c2)c1C. The predicted molar refractivity (Wildman–Crippen MR) is 123 cm³/mol. The van der Waals surface area contributed by atoms with E-state index in [1.165, 1.54) is 21.3 Å². The number of carbonyl (C=O) groups is 1. The topological polar surface area (TPSA) is 88.6 Å². The number of methoxy groups -OCH3 is 1. The lowest BCUT2D eigenvalue weighted by Crippen LogP contribution is -2.35. The van der Waals surface area contributed by atoms with Gasteiger partial charge in [0.25, 0.3) is 5.91 Å². The number of amides is 1. The van der Waals surface area contributed by atoms with E-state index >= 15 is 0 Å². The summed E-state index contributed by atoms with van der Waals surface area (Å²) in [4.78, 5) is 18.5. The highest BCUT2D eigenvalue weighted by Crippen LogP contribution is 2.28. The lowest BCUT2D eigenvalue weighted by molar-refractivity contribution is 0.0950. The smallest absolute Gasteiger partial charge is 0.251 e. The maximum atomic E-state index is 13.2. The fourth-order valence-electron chi connectivity index (χ4n) is 3.89. The molecule has 1 aliphatic heterocycles. The fraction of sp³-hybridized carbons (Fsp3) is 0.304. The second-order valence-electron chi connectivity index (χ2n) is 7.71. The van der Waals surface area contributed by atoms with E-state index in [-0.39, 0.29) is 22.9 Å². The van der Waals surface area contributed by atoms with Crippen molar-refractivity contribution in [3.63, 3.8) is 0 Å². The number of pyridine rings is 1. The Kier molecular flexibility index (Phi) is 6.32. The molecule has 0 radical (unpaired) electrons. The maximum absolute atomic E-state index is 13.2. The molecule has 0 spiro atoms. The summed E-state index contributed by atoms with van der Waals surface area (Å²) in [5.41, 5.74) is 3.82. The number of rotatable bonds is 6. The lowest BCUT2D eigenvalue weighted by atomic mass is 10.1. The van der Waals surface area contributed by atoms with E-state index in [0.717, 1.165) is 22.4 Å². The maximum Gasteiger partial charge on any atom is 0.251 e. The van der Waals surface area contributed by atoms with Gasteiger partial charge in [0.05, 0.1) is 24.2 Å². The number of benzene rings is 1. The molecule has 3 aromatic rings. The van der Waals surface area contributed by atoms with Gasteiger partial charge in [-0.2, -0.15) is 4.31 Å². The molecule has 9 heteroatoms. The molecule has 1 N–H and O–H groups in total. The molecule has 1 amide bonds. The van der Waals surface area contributed by atoms with Gasteiger partial charge < -0.3 is 10.1 Å². The highest BCUT2D eigenvalue weighted by atomic mass is 32.2. The molecular weight excluding hydrogens is 446 g/mol. The number of fused-ring (bicyclic) bond motifs is 1. The van der Waals surface area contributed by atoms with E-state index in [1.807, 2.05) is 25.3 Å². The van der Waals surface area contributed by atoms with E-state index in [9.17, 15) is 13.2 Å². The molecule has 1 aliphatic rings. The minimum atomic E-state index is -3.70. The normalized spacial score (nSPS) is 14.1. The van der Waals surface area contributed by atoms with E-state index in [2.05, 4.69) is 10.3 Å². The largest absolute Gasteiger partial charge is 0.496 e. The molecule has 7 nitrogen and oxygen atoms in total. The van der Waals surface area contributed by atoms with Crippen molar-refractivity contribution >= 4 is 27.3 Å². The molecular formula is C23H25N3O4S2. The molecule has 3 heterocycles. The van der Waals surface area contributed by atoms with Crippen LogP contribution in [0, 0.1) is 13.8 Å². The molecule has 4 rings (SSSR count). The number of nitrogens with one attached hydrogen (secondary N) is 1. The molecule has 0 fully saturated rings. The number of hydrogen-bond donors (Lipinski definition) is 1. The lowest BCUT2D eigenvalue weighted by Gasteiger charge is -2.26. The van der Waals surface area contributed by atoms with Crippen molar-refractivity contribution in [1.82, 2.24) is 14.6 Å². The summed E-state index contributed by atoms with van der Waals surface area (Å²) in [6.07, 6.45) is 2.41. The first-order valence-electron chi connectivity index (χ1n) is 10.2. The molecule has 0 unspecified atom stereocenters. The minimum absolute atomic E-state index is 0.121. The molecule has 0 aliphatic carbocycles. The van der Waals surface area contributed by atoms with Crippen LogP contribution in [0.4, 0.5) is 0 Å². The summed E-state index contributed by atoms with van der Waals surface area (Å²) in [5, 5.41) is 4.82. The first-order valence-corrected chi connectivity index (χ1v) is 12.6. The Morgan fingerprint density at radius 1 is 1.28 bits per heavy atom. The Morgan fingerprint density at radius 3 is 2.88 bits per heavy atom. The number of hydrogen-bond acceptors (Lipinski definition) is 6. The van der Waals surface area contributed by atoms with Gasteiger partial charge in [0.15, 0.2) is 0 Å². The zero-order valence-electron chi connectivity index (χ0n) is 18.2. The van der Waals surface area contributed by atoms with Gasteiger partial charge in [-0.3, -0.25) is 9.78 Å². The Balaban J connectivity index is 1.50. The average molecular weight is 472 g/mol. The van der Waals surface area contributed by atoms with Crippen LogP contribution in [0.5, 0.6) is 5.75 Å². The molecule has 0 atom stereocenters. The van der Waals surface area contributed by atoms with Gasteiger partial charge in [0.2, 0.25) is 10.0 Å². The number of aryl methyl sites for hydroxylation is 1. The zero-order chi connectivity index (χ0) is 22.9. The van der Waals surface area contributed by atoms with Gasteiger partial charge in [-0.25, -0.2) is 8.42 Å². The Bertz CT molecular complexity index is 1270. The average Bonchev–Trinajstić information content (AvgIpc) is 3.27. The zero-order valence-corrected chi connectivity index (χ0v) is 19.8. The molecule has 168 valence electrons. The van der Waals surface area contributed by atoms with Crippen LogP contribution in [-0.2, 0) is 29.5 Å². The van der Waals surface area contributed by atoms with E-state index < -0.39 is 10.0 Å². The monoisotopic (exact) mass is 471 g/mol. The Morgan fingerprint density at radius 2 is 2.09 bits per heavy atom. The summed E-state index contributed by atoms with van der Waals surface area (Å²) in [6, 6.07) is 8.15. The summed E-state index contributed by atoms with van der Waals surface area (Å²) in [7, 11) is -2.09. The van der Waals surface area contributed by atoms with Crippen LogP contribution in [0.15, 0.2) is 46.8 Å². The second-order valence-corrected chi connectivity index (χ2v) is 10.7. The molecule has 1 aromatic carbocycles. The van der Waals surface area contributed by atoms with Crippen molar-refractivity contribution in [1.29, 1.82) is 0 Å². The van der Waals surface area contributed by atoms with Gasteiger partial charge in [0.1, 0.15) is 5.75 Å². The standard InChI is InChI=1S/C23H25N3O4S2/c1-15-12-24-20(16(2)22(15)30-3)13-25-23(27)17-5-4-6-19(11-17)32(28,29)26-9-7-21-18(14-26)8-10-31-21/h4-6,8,10-12H,7,9,13-14H2,1-3H3,(H,25,27). The van der Waals surface area contributed by atoms with Crippen LogP contribution >= 0.6 is 11.3 Å². The van der Waals surface area contributed by atoms with Gasteiger partial charge in [-0.05, 0) is 55.5 Å². The van der Waals surface area contributed by atoms with Crippen molar-refractivity contribution in [3.8, 4) is 5.75 Å². The molecule has 0 saturated carbocycles. The molecule has 2 aromatic heterocycles. The number of sulfonamides is 1. The highest BCUT2D eigenvalue weighted by Gasteiger charge is 2.29. The fourth-order valence-corrected chi connectivity index (χ4v) is 6.24. The first-order chi connectivity index (χ1) is 15.3. The first kappa shape index (κ1) is 22.4. The van der Waals surface area contributed by atoms with Crippen molar-refractivity contribution in [3.05, 3.63) is 74.7 Å². The predicted octanol–water partition coefficient (Wildman–Crippen LogP) is 3.45. The third kappa shape index (κ3) is 4.28. The van der Waals surface area contributed by atoms with Gasteiger partial charge in [-0.15, -0.1) is 11.3 Å². The molecule has 32 heavy (non-hydrogen) atoms. The summed E-state index contributed by atoms with van der Waals surface area (Å²) >= 11 is 1.66. The van der Waals surface area contributed by atoms with E-state index in [0.29, 0.717) is 25.2 Å². The molecule has 0 saturated heterocycles. The number of nitrogens with zero attached hydrogens (tertiary/aromatic N) is 2. The van der Waals surface area contributed by atoms with Crippen LogP contribution in [0.25, 0.3) is 0 Å². The van der Waals surface area contributed by atoms with Gasteiger partial charge in [0, 0.05) is 40.9 Å². The third-order valence-electron chi connectivity index (χ3n) is 5.67. The quantitative estimate of drug-likeness (QED) is 0.595. The van der Waals surface area contributed by atoms with Crippen molar-refractivity contribution in [2.75, 3.05) is 13.7 Å². The van der Waals surface area contributed by atoms with Gasteiger partial charge >= 0.3 is 0 Å². The number of ether oxygens (including phenoxy) is 1. The second kappa shape index (κ2) is 9.01. The third-order valence-corrected chi connectivity index (χ3v) is 8.54. The summed E-state index contributed by atoms with van der Waals surface area (Å²) in [5.74, 6) is 0.384. The van der Waals surface area contributed by atoms with E-state index in [4.69, 9.17) is 4.74 Å². The number of thiophene rings is 1. The van der Waals surface area contributed by atoms with Gasteiger partial charge in [-0.1, -0.05) is 6.07 Å². The van der Waals surface area contributed by atoms with Crippen molar-refractivity contribution in [2.45, 2.75) is 38.3 Å². The summed E-state index contributed by atoms with van der Waals surface area (Å²) < 4.78 is 33.3. The van der Waals surface area contributed by atoms with Crippen LogP contribution in [0.3, 0.4) is 0 Å². The molecule has 0 bridgehead atoms. The van der Waals surface area contributed by atoms with Crippen LogP contribution in [-0.4, -0.2) is 37.3 Å². The van der Waals surface area contributed by atoms with Crippen LogP contribution in [0.2, 0.25) is 0 Å². The van der Waals surface area contributed by atoms with Crippen molar-refractivity contribution < 1.29 is 17.9 Å². The van der Waals surface area contributed by atoms with Crippen molar-refractivity contribution in [2.24, 2.45) is 0 Å². The number of carbonyl (C=O) groups excluding carboxylic acids is 1.